The van der Waals surface area contributed by atoms with Crippen LogP contribution >= 0.6 is 27.5 Å². The van der Waals surface area contributed by atoms with Gasteiger partial charge in [-0.05, 0) is 25.0 Å². The van der Waals surface area contributed by atoms with Gasteiger partial charge in [-0.15, -0.1) is 0 Å². The molecule has 18 heavy (non-hydrogen) atoms. The number of hydrogen-bond donors (Lipinski definition) is 2. The van der Waals surface area contributed by atoms with Gasteiger partial charge in [-0.1, -0.05) is 33.6 Å². The highest BCUT2D eigenvalue weighted by Crippen LogP contribution is 2.42. The van der Waals surface area contributed by atoms with Gasteiger partial charge < -0.3 is 11.6 Å². The van der Waals surface area contributed by atoms with Crippen LogP contribution in [0, 0.1) is 0 Å². The average molecular weight is 328 g/mol. The van der Waals surface area contributed by atoms with Crippen LogP contribution < -0.4 is 11.6 Å². The van der Waals surface area contributed by atoms with E-state index in [1.165, 1.54) is 4.68 Å². The topological polar surface area (TPSA) is 69.9 Å². The van der Waals surface area contributed by atoms with Gasteiger partial charge in [-0.3, -0.25) is 0 Å². The second kappa shape index (κ2) is 4.17. The van der Waals surface area contributed by atoms with Crippen LogP contribution in [-0.2, 0) is 0 Å². The van der Waals surface area contributed by atoms with Crippen molar-refractivity contribution in [3.63, 3.8) is 0 Å². The van der Waals surface area contributed by atoms with Gasteiger partial charge in [0, 0.05) is 16.0 Å². The van der Waals surface area contributed by atoms with E-state index in [0.717, 1.165) is 28.7 Å². The third-order valence-electron chi connectivity index (χ3n) is 3.10. The average Bonchev–Trinajstić information content (AvgIpc) is 3.11. The molecule has 0 unspecified atom stereocenters. The maximum absolute atomic E-state index is 6.22. The minimum atomic E-state index is 0.445. The maximum atomic E-state index is 6.22. The second-order valence-corrected chi connectivity index (χ2v) is 5.80. The fraction of sp³-hybridized carbons (Fsp3) is 0.250. The first-order valence-electron chi connectivity index (χ1n) is 5.66. The zero-order valence-corrected chi connectivity index (χ0v) is 11.9. The van der Waals surface area contributed by atoms with Crippen molar-refractivity contribution in [1.82, 2.24) is 9.66 Å². The first kappa shape index (κ1) is 11.9. The molecule has 0 atom stereocenters. The van der Waals surface area contributed by atoms with Gasteiger partial charge in [0.2, 0.25) is 0 Å². The zero-order chi connectivity index (χ0) is 12.9. The number of hydrogen-bond acceptors (Lipinski definition) is 3. The van der Waals surface area contributed by atoms with E-state index in [4.69, 9.17) is 23.2 Å². The van der Waals surface area contributed by atoms with Crippen molar-refractivity contribution in [3.8, 4) is 11.3 Å². The van der Waals surface area contributed by atoms with Crippen molar-refractivity contribution in [3.05, 3.63) is 33.5 Å². The Balaban J connectivity index is 2.13. The lowest BCUT2D eigenvalue weighted by Crippen LogP contribution is -2.14. The highest BCUT2D eigenvalue weighted by Gasteiger charge is 2.30. The lowest BCUT2D eigenvalue weighted by atomic mass is 10.1. The van der Waals surface area contributed by atoms with E-state index in [1.807, 2.05) is 18.2 Å². The van der Waals surface area contributed by atoms with Crippen molar-refractivity contribution in [2.75, 3.05) is 11.6 Å². The number of nitrogens with two attached hydrogens (primary N) is 2. The highest BCUT2D eigenvalue weighted by atomic mass is 79.9. The van der Waals surface area contributed by atoms with Crippen molar-refractivity contribution in [1.29, 1.82) is 0 Å². The third-order valence-corrected chi connectivity index (χ3v) is 3.91. The largest absolute Gasteiger partial charge is 0.382 e. The molecule has 1 aliphatic carbocycles. The summed E-state index contributed by atoms with van der Waals surface area (Å²) in [5, 5.41) is 0.608. The Morgan fingerprint density at radius 2 is 2.11 bits per heavy atom. The fourth-order valence-electron chi connectivity index (χ4n) is 1.97. The summed E-state index contributed by atoms with van der Waals surface area (Å²) >= 11 is 9.59. The summed E-state index contributed by atoms with van der Waals surface area (Å²) in [6.45, 7) is 0. The van der Waals surface area contributed by atoms with E-state index in [-0.39, 0.29) is 0 Å². The Bertz CT molecular complexity index is 619. The van der Waals surface area contributed by atoms with Gasteiger partial charge >= 0.3 is 0 Å². The van der Waals surface area contributed by atoms with Crippen LogP contribution in [-0.4, -0.2) is 9.66 Å². The number of halogens is 2. The maximum Gasteiger partial charge on any atom is 0.150 e. The van der Waals surface area contributed by atoms with Gasteiger partial charge in [-0.25, -0.2) is 9.66 Å². The molecule has 0 aliphatic heterocycles. The number of rotatable bonds is 2. The van der Waals surface area contributed by atoms with E-state index in [2.05, 4.69) is 20.9 Å². The molecule has 0 radical (unpaired) electrons. The summed E-state index contributed by atoms with van der Waals surface area (Å²) in [4.78, 5) is 4.55. The van der Waals surface area contributed by atoms with Gasteiger partial charge in [0.15, 0.2) is 5.82 Å². The van der Waals surface area contributed by atoms with Crippen molar-refractivity contribution in [2.45, 2.75) is 18.8 Å². The molecule has 1 aromatic carbocycles. The molecule has 1 heterocycles. The van der Waals surface area contributed by atoms with Crippen LogP contribution in [0.3, 0.4) is 0 Å². The first-order valence-corrected chi connectivity index (χ1v) is 6.83. The number of imidazole rings is 1. The highest BCUT2D eigenvalue weighted by molar-refractivity contribution is 9.10. The predicted molar refractivity (Wildman–Crippen MR) is 76.9 cm³/mol. The van der Waals surface area contributed by atoms with Gasteiger partial charge in [0.1, 0.15) is 11.5 Å². The molecule has 4 N–H and O–H groups in total. The van der Waals surface area contributed by atoms with Gasteiger partial charge in [0.25, 0.3) is 0 Å². The SMILES string of the molecule is Nc1c(-c2ccc(Br)cc2Cl)nc(C2CC2)n1N. The third kappa shape index (κ3) is 1.87. The molecule has 0 spiro atoms. The molecular weight excluding hydrogens is 316 g/mol. The zero-order valence-electron chi connectivity index (χ0n) is 9.53. The molecule has 6 heteroatoms. The summed E-state index contributed by atoms with van der Waals surface area (Å²) in [7, 11) is 0. The molecule has 1 saturated carbocycles. The fourth-order valence-corrected chi connectivity index (χ4v) is 2.74. The minimum absolute atomic E-state index is 0.445. The number of nitrogen functional groups attached to an aromatic ring is 2. The predicted octanol–water partition coefficient (Wildman–Crippen LogP) is 3.14. The Kier molecular flexibility index (Phi) is 2.75. The monoisotopic (exact) mass is 326 g/mol. The smallest absolute Gasteiger partial charge is 0.150 e. The molecule has 0 saturated heterocycles. The van der Waals surface area contributed by atoms with Crippen LogP contribution in [0.15, 0.2) is 22.7 Å². The van der Waals surface area contributed by atoms with Crippen LogP contribution in [0.1, 0.15) is 24.6 Å². The lowest BCUT2D eigenvalue weighted by molar-refractivity contribution is 0.855. The van der Waals surface area contributed by atoms with E-state index < -0.39 is 0 Å². The summed E-state index contributed by atoms with van der Waals surface area (Å²) < 4.78 is 2.40. The number of anilines is 1. The first-order chi connectivity index (χ1) is 8.58. The van der Waals surface area contributed by atoms with Crippen molar-refractivity contribution >= 4 is 33.3 Å². The minimum Gasteiger partial charge on any atom is -0.382 e. The molecule has 0 bridgehead atoms. The molecule has 4 nitrogen and oxygen atoms in total. The van der Waals surface area contributed by atoms with Crippen LogP contribution in [0.5, 0.6) is 0 Å². The standard InChI is InChI=1S/C12H12BrClN4/c13-7-3-4-8(9(14)5-7)10-11(15)18(16)12(17-10)6-1-2-6/h3-6H,1-2,15-16H2. The number of nitrogens with zero attached hydrogens (tertiary/aromatic N) is 2. The van der Waals surface area contributed by atoms with E-state index in [1.54, 1.807) is 0 Å². The molecule has 1 fully saturated rings. The van der Waals surface area contributed by atoms with E-state index >= 15 is 0 Å². The van der Waals surface area contributed by atoms with Crippen LogP contribution in [0.25, 0.3) is 11.3 Å². The summed E-state index contributed by atoms with van der Waals surface area (Å²) in [6.07, 6.45) is 2.25. The van der Waals surface area contributed by atoms with E-state index in [0.29, 0.717) is 22.5 Å². The number of aromatic nitrogens is 2. The van der Waals surface area contributed by atoms with Crippen LogP contribution in [0.4, 0.5) is 5.82 Å². The molecule has 1 aromatic heterocycles. The second-order valence-electron chi connectivity index (χ2n) is 4.47. The molecule has 1 aliphatic rings. The lowest BCUT2D eigenvalue weighted by Gasteiger charge is -2.03. The molecule has 0 amide bonds. The molecule has 3 rings (SSSR count). The number of benzene rings is 1. The van der Waals surface area contributed by atoms with Gasteiger partial charge in [-0.2, -0.15) is 0 Å². The quantitative estimate of drug-likeness (QED) is 0.833. The molecule has 94 valence electrons. The normalized spacial score (nSPS) is 15.0. The molecule has 2 aromatic rings. The Morgan fingerprint density at radius 1 is 1.39 bits per heavy atom. The van der Waals surface area contributed by atoms with Crippen LogP contribution in [0.2, 0.25) is 5.02 Å². The van der Waals surface area contributed by atoms with Crippen molar-refractivity contribution < 1.29 is 0 Å². The molecular formula is C12H12BrClN4. The van der Waals surface area contributed by atoms with E-state index in [9.17, 15) is 0 Å². The Labute approximate surface area is 118 Å². The Hall–Kier alpha value is -1.20. The Morgan fingerprint density at radius 3 is 2.72 bits per heavy atom. The summed E-state index contributed by atoms with van der Waals surface area (Å²) in [5.74, 6) is 7.69. The van der Waals surface area contributed by atoms with Crippen molar-refractivity contribution in [2.24, 2.45) is 0 Å². The summed E-state index contributed by atoms with van der Waals surface area (Å²) in [5.41, 5.74) is 7.49. The summed E-state index contributed by atoms with van der Waals surface area (Å²) in [6, 6.07) is 5.62. The van der Waals surface area contributed by atoms with Gasteiger partial charge in [0.05, 0.1) is 5.02 Å².